The largest absolute Gasteiger partial charge is 0.475 e. The number of anilines is 1. The number of fused-ring (bicyclic) bond motifs is 1. The van der Waals surface area contributed by atoms with Gasteiger partial charge < -0.3 is 15.0 Å². The molecule has 2 heterocycles. The predicted molar refractivity (Wildman–Crippen MR) is 54.3 cm³/mol. The summed E-state index contributed by atoms with van der Waals surface area (Å²) in [5.41, 5.74) is 0.922. The van der Waals surface area contributed by atoms with Gasteiger partial charge in [0.15, 0.2) is 0 Å². The summed E-state index contributed by atoms with van der Waals surface area (Å²) in [7, 11) is 0. The lowest BCUT2D eigenvalue weighted by Crippen LogP contribution is -2.15. The number of nitrogens with one attached hydrogen (secondary N) is 1. The molecule has 80 valence electrons. The van der Waals surface area contributed by atoms with Gasteiger partial charge in [-0.2, -0.15) is 0 Å². The van der Waals surface area contributed by atoms with Gasteiger partial charge in [-0.1, -0.05) is 0 Å². The van der Waals surface area contributed by atoms with Gasteiger partial charge in [0, 0.05) is 12.6 Å². The SMILES string of the molecule is O=C(O)c1nc2c(n1C1CC1)NCCC2. The maximum Gasteiger partial charge on any atom is 0.372 e. The van der Waals surface area contributed by atoms with Crippen molar-refractivity contribution in [3.8, 4) is 0 Å². The molecule has 3 rings (SSSR count). The quantitative estimate of drug-likeness (QED) is 0.766. The Morgan fingerprint density at radius 3 is 3.00 bits per heavy atom. The number of hydrogen-bond donors (Lipinski definition) is 2. The third-order valence-electron chi connectivity index (χ3n) is 2.97. The molecule has 1 fully saturated rings. The molecule has 2 N–H and O–H groups in total. The van der Waals surface area contributed by atoms with Gasteiger partial charge in [0.2, 0.25) is 5.82 Å². The van der Waals surface area contributed by atoms with E-state index in [1.54, 1.807) is 0 Å². The van der Waals surface area contributed by atoms with Gasteiger partial charge in [0.05, 0.1) is 5.69 Å². The summed E-state index contributed by atoms with van der Waals surface area (Å²) < 4.78 is 1.87. The summed E-state index contributed by atoms with van der Waals surface area (Å²) in [4.78, 5) is 15.3. The zero-order chi connectivity index (χ0) is 10.4. The minimum absolute atomic E-state index is 0.205. The molecule has 0 unspecified atom stereocenters. The van der Waals surface area contributed by atoms with Crippen LogP contribution in [-0.4, -0.2) is 27.2 Å². The molecule has 1 aliphatic heterocycles. The van der Waals surface area contributed by atoms with Gasteiger partial charge in [0.1, 0.15) is 5.82 Å². The third-order valence-corrected chi connectivity index (χ3v) is 2.97. The zero-order valence-electron chi connectivity index (χ0n) is 8.36. The van der Waals surface area contributed by atoms with Crippen LogP contribution in [0.2, 0.25) is 0 Å². The van der Waals surface area contributed by atoms with Crippen LogP contribution in [0.15, 0.2) is 0 Å². The highest BCUT2D eigenvalue weighted by Gasteiger charge is 2.33. The van der Waals surface area contributed by atoms with Crippen LogP contribution in [0.3, 0.4) is 0 Å². The Labute approximate surface area is 87.1 Å². The first-order chi connectivity index (χ1) is 7.27. The molecule has 0 amide bonds. The highest BCUT2D eigenvalue weighted by Crippen LogP contribution is 2.40. The second-order valence-electron chi connectivity index (χ2n) is 4.17. The zero-order valence-corrected chi connectivity index (χ0v) is 8.36. The lowest BCUT2D eigenvalue weighted by atomic mass is 10.2. The van der Waals surface area contributed by atoms with E-state index in [-0.39, 0.29) is 5.82 Å². The maximum atomic E-state index is 11.1. The molecular formula is C10H13N3O2. The Bertz CT molecular complexity index is 421. The van der Waals surface area contributed by atoms with Crippen LogP contribution in [0.4, 0.5) is 5.82 Å². The van der Waals surface area contributed by atoms with Gasteiger partial charge in [-0.25, -0.2) is 9.78 Å². The van der Waals surface area contributed by atoms with Gasteiger partial charge in [0.25, 0.3) is 0 Å². The Morgan fingerprint density at radius 1 is 1.53 bits per heavy atom. The summed E-state index contributed by atoms with van der Waals surface area (Å²) in [5.74, 6) is 0.233. The minimum Gasteiger partial charge on any atom is -0.475 e. The summed E-state index contributed by atoms with van der Waals surface area (Å²) in [6.07, 6.45) is 4.07. The van der Waals surface area contributed by atoms with E-state index >= 15 is 0 Å². The van der Waals surface area contributed by atoms with Crippen molar-refractivity contribution in [1.82, 2.24) is 9.55 Å². The summed E-state index contributed by atoms with van der Waals surface area (Å²) in [5, 5.41) is 12.3. The average molecular weight is 207 g/mol. The van der Waals surface area contributed by atoms with Crippen molar-refractivity contribution in [2.75, 3.05) is 11.9 Å². The first-order valence-corrected chi connectivity index (χ1v) is 5.35. The Balaban J connectivity index is 2.13. The van der Waals surface area contributed by atoms with Crippen molar-refractivity contribution in [3.63, 3.8) is 0 Å². The number of hydrogen-bond acceptors (Lipinski definition) is 3. The van der Waals surface area contributed by atoms with Crippen LogP contribution in [0.5, 0.6) is 0 Å². The molecule has 5 heteroatoms. The van der Waals surface area contributed by atoms with Crippen LogP contribution in [-0.2, 0) is 6.42 Å². The van der Waals surface area contributed by atoms with Crippen LogP contribution < -0.4 is 5.32 Å². The number of carboxylic acids is 1. The monoisotopic (exact) mass is 207 g/mol. The van der Waals surface area contributed by atoms with E-state index in [0.717, 1.165) is 43.7 Å². The molecule has 1 aromatic rings. The second kappa shape index (κ2) is 2.98. The number of aryl methyl sites for hydroxylation is 1. The van der Waals surface area contributed by atoms with E-state index in [9.17, 15) is 4.79 Å². The molecule has 1 aromatic heterocycles. The third kappa shape index (κ3) is 1.30. The molecule has 1 saturated carbocycles. The van der Waals surface area contributed by atoms with Crippen molar-refractivity contribution in [2.45, 2.75) is 31.7 Å². The van der Waals surface area contributed by atoms with Crippen LogP contribution in [0.1, 0.15) is 41.6 Å². The fraction of sp³-hybridized carbons (Fsp3) is 0.600. The number of aromatic carboxylic acids is 1. The van der Waals surface area contributed by atoms with E-state index in [2.05, 4.69) is 10.3 Å². The molecule has 5 nitrogen and oxygen atoms in total. The van der Waals surface area contributed by atoms with Gasteiger partial charge in [-0.15, -0.1) is 0 Å². The van der Waals surface area contributed by atoms with Crippen molar-refractivity contribution >= 4 is 11.8 Å². The number of carbonyl (C=O) groups is 1. The number of rotatable bonds is 2. The summed E-state index contributed by atoms with van der Waals surface area (Å²) in [6.45, 7) is 0.921. The fourth-order valence-corrected chi connectivity index (χ4v) is 2.14. The van der Waals surface area contributed by atoms with Crippen LogP contribution >= 0.6 is 0 Å². The molecule has 0 aromatic carbocycles. The normalized spacial score (nSPS) is 19.5. The van der Waals surface area contributed by atoms with Crippen molar-refractivity contribution in [1.29, 1.82) is 0 Å². The Hall–Kier alpha value is -1.52. The summed E-state index contributed by atoms with van der Waals surface area (Å²) in [6, 6.07) is 0.359. The molecule has 0 radical (unpaired) electrons. The maximum absolute atomic E-state index is 11.1. The number of nitrogens with zero attached hydrogens (tertiary/aromatic N) is 2. The first-order valence-electron chi connectivity index (χ1n) is 5.35. The van der Waals surface area contributed by atoms with Crippen molar-refractivity contribution < 1.29 is 9.90 Å². The molecule has 2 aliphatic rings. The van der Waals surface area contributed by atoms with Gasteiger partial charge in [-0.05, 0) is 25.7 Å². The standard InChI is InChI=1S/C10H13N3O2/c14-10(15)9-12-7-2-1-5-11-8(7)13(9)6-3-4-6/h6,11H,1-5H2,(H,14,15). The molecular weight excluding hydrogens is 194 g/mol. The molecule has 15 heavy (non-hydrogen) atoms. The fourth-order valence-electron chi connectivity index (χ4n) is 2.14. The Morgan fingerprint density at radius 2 is 2.33 bits per heavy atom. The van der Waals surface area contributed by atoms with Gasteiger partial charge >= 0.3 is 5.97 Å². The number of carboxylic acid groups (broad SMARTS) is 1. The Kier molecular flexibility index (Phi) is 1.74. The van der Waals surface area contributed by atoms with Crippen molar-refractivity contribution in [2.24, 2.45) is 0 Å². The number of imidazole rings is 1. The second-order valence-corrected chi connectivity index (χ2v) is 4.17. The van der Waals surface area contributed by atoms with E-state index in [0.29, 0.717) is 6.04 Å². The minimum atomic E-state index is -0.918. The van der Waals surface area contributed by atoms with Gasteiger partial charge in [-0.3, -0.25) is 0 Å². The lowest BCUT2D eigenvalue weighted by molar-refractivity contribution is 0.0678. The molecule has 0 saturated heterocycles. The molecule has 1 aliphatic carbocycles. The number of aromatic nitrogens is 2. The predicted octanol–water partition coefficient (Wildman–Crippen LogP) is 1.27. The molecule has 0 spiro atoms. The molecule has 0 atom stereocenters. The smallest absolute Gasteiger partial charge is 0.372 e. The lowest BCUT2D eigenvalue weighted by Gasteiger charge is -2.16. The van der Waals surface area contributed by atoms with Crippen LogP contribution in [0, 0.1) is 0 Å². The van der Waals surface area contributed by atoms with E-state index in [1.165, 1.54) is 0 Å². The van der Waals surface area contributed by atoms with Crippen LogP contribution in [0.25, 0.3) is 0 Å². The topological polar surface area (TPSA) is 67.1 Å². The van der Waals surface area contributed by atoms with E-state index in [4.69, 9.17) is 5.11 Å². The average Bonchev–Trinajstić information content (AvgIpc) is 2.98. The molecule has 0 bridgehead atoms. The van der Waals surface area contributed by atoms with E-state index < -0.39 is 5.97 Å². The summed E-state index contributed by atoms with van der Waals surface area (Å²) >= 11 is 0. The van der Waals surface area contributed by atoms with E-state index in [1.807, 2.05) is 4.57 Å². The van der Waals surface area contributed by atoms with Crippen molar-refractivity contribution in [3.05, 3.63) is 11.5 Å². The first kappa shape index (κ1) is 8.76. The highest BCUT2D eigenvalue weighted by molar-refractivity contribution is 5.85. The highest BCUT2D eigenvalue weighted by atomic mass is 16.4.